The van der Waals surface area contributed by atoms with Crippen molar-refractivity contribution < 1.29 is 9.57 Å². The SMILES string of the molecule is N#Cc1ccccc1CO/N=C\c1ccc(OCc2ccc(Br)cc2)cc1. The topological polar surface area (TPSA) is 54.6 Å². The summed E-state index contributed by atoms with van der Waals surface area (Å²) in [5.41, 5.74) is 3.42. The number of hydrogen-bond donors (Lipinski definition) is 0. The van der Waals surface area contributed by atoms with Crippen molar-refractivity contribution >= 4 is 22.1 Å². The summed E-state index contributed by atoms with van der Waals surface area (Å²) < 4.78 is 6.82. The van der Waals surface area contributed by atoms with Gasteiger partial charge in [-0.3, -0.25) is 0 Å². The van der Waals surface area contributed by atoms with Crippen LogP contribution in [0.4, 0.5) is 0 Å². The van der Waals surface area contributed by atoms with Gasteiger partial charge in [-0.15, -0.1) is 0 Å². The van der Waals surface area contributed by atoms with E-state index in [9.17, 15) is 0 Å². The van der Waals surface area contributed by atoms with E-state index < -0.39 is 0 Å². The van der Waals surface area contributed by atoms with Crippen molar-refractivity contribution in [1.29, 1.82) is 5.26 Å². The van der Waals surface area contributed by atoms with Gasteiger partial charge >= 0.3 is 0 Å². The summed E-state index contributed by atoms with van der Waals surface area (Å²) in [4.78, 5) is 5.29. The molecule has 0 radical (unpaired) electrons. The molecule has 3 aromatic rings. The molecule has 3 rings (SSSR count). The molecule has 0 aromatic heterocycles. The summed E-state index contributed by atoms with van der Waals surface area (Å²) in [6.45, 7) is 0.775. The number of hydrogen-bond acceptors (Lipinski definition) is 4. The Bertz CT molecular complexity index is 945. The Labute approximate surface area is 166 Å². The fourth-order valence-electron chi connectivity index (χ4n) is 2.36. The van der Waals surface area contributed by atoms with Crippen molar-refractivity contribution in [1.82, 2.24) is 0 Å². The molecule has 0 bridgehead atoms. The van der Waals surface area contributed by atoms with E-state index in [0.717, 1.165) is 26.9 Å². The second kappa shape index (κ2) is 9.56. The molecular weight excluding hydrogens is 404 g/mol. The second-order valence-corrected chi connectivity index (χ2v) is 6.68. The third-order valence-corrected chi connectivity index (χ3v) is 4.36. The van der Waals surface area contributed by atoms with Gasteiger partial charge < -0.3 is 9.57 Å². The van der Waals surface area contributed by atoms with E-state index in [4.69, 9.17) is 14.8 Å². The number of benzene rings is 3. The van der Waals surface area contributed by atoms with Gasteiger partial charge in [0.15, 0.2) is 0 Å². The van der Waals surface area contributed by atoms with Crippen LogP contribution in [0.1, 0.15) is 22.3 Å². The molecule has 3 aromatic carbocycles. The first-order valence-electron chi connectivity index (χ1n) is 8.35. The zero-order chi connectivity index (χ0) is 18.9. The number of ether oxygens (including phenoxy) is 1. The van der Waals surface area contributed by atoms with E-state index in [1.807, 2.05) is 66.7 Å². The number of halogens is 1. The predicted octanol–water partition coefficient (Wildman–Crippen LogP) is 5.45. The van der Waals surface area contributed by atoms with Gasteiger partial charge in [0.2, 0.25) is 0 Å². The maximum absolute atomic E-state index is 9.05. The van der Waals surface area contributed by atoms with Gasteiger partial charge in [-0.25, -0.2) is 0 Å². The Morgan fingerprint density at radius 1 is 0.926 bits per heavy atom. The minimum Gasteiger partial charge on any atom is -0.489 e. The standard InChI is InChI=1S/C22H17BrN2O2/c23-21-9-5-18(6-10-21)15-26-22-11-7-17(8-12-22)14-25-27-16-20-4-2-1-3-19(20)13-24/h1-12,14H,15-16H2/b25-14-. The minimum atomic E-state index is 0.259. The van der Waals surface area contributed by atoms with Crippen LogP contribution in [0.3, 0.4) is 0 Å². The normalized spacial score (nSPS) is 10.5. The highest BCUT2D eigenvalue weighted by atomic mass is 79.9. The van der Waals surface area contributed by atoms with Crippen LogP contribution in [0.15, 0.2) is 82.4 Å². The molecule has 0 amide bonds. The first-order chi connectivity index (χ1) is 13.2. The van der Waals surface area contributed by atoms with Crippen LogP contribution in [0, 0.1) is 11.3 Å². The monoisotopic (exact) mass is 420 g/mol. The van der Waals surface area contributed by atoms with Gasteiger partial charge in [-0.2, -0.15) is 5.26 Å². The molecule has 0 aliphatic carbocycles. The summed E-state index contributed by atoms with van der Waals surface area (Å²) in [7, 11) is 0. The van der Waals surface area contributed by atoms with E-state index in [-0.39, 0.29) is 6.61 Å². The first kappa shape index (κ1) is 18.7. The maximum atomic E-state index is 9.05. The Kier molecular flexibility index (Phi) is 6.61. The molecule has 5 heteroatoms. The summed E-state index contributed by atoms with van der Waals surface area (Å²) in [6.07, 6.45) is 1.63. The molecule has 27 heavy (non-hydrogen) atoms. The summed E-state index contributed by atoms with van der Waals surface area (Å²) in [5.74, 6) is 0.791. The van der Waals surface area contributed by atoms with Crippen LogP contribution in [0.5, 0.6) is 5.75 Å². The average Bonchev–Trinajstić information content (AvgIpc) is 2.72. The first-order valence-corrected chi connectivity index (χ1v) is 9.14. The highest BCUT2D eigenvalue weighted by Crippen LogP contribution is 2.15. The molecule has 0 fully saturated rings. The molecule has 0 aliphatic rings. The van der Waals surface area contributed by atoms with Gasteiger partial charge in [0, 0.05) is 10.0 Å². The lowest BCUT2D eigenvalue weighted by Gasteiger charge is -2.06. The van der Waals surface area contributed by atoms with Gasteiger partial charge in [0.1, 0.15) is 19.0 Å². The number of oxime groups is 1. The maximum Gasteiger partial charge on any atom is 0.143 e. The smallest absolute Gasteiger partial charge is 0.143 e. The Morgan fingerprint density at radius 3 is 2.41 bits per heavy atom. The molecule has 0 saturated carbocycles. The Hall–Kier alpha value is -3.10. The van der Waals surface area contributed by atoms with Gasteiger partial charge in [-0.05, 0) is 53.6 Å². The van der Waals surface area contributed by atoms with Crippen LogP contribution in [0.25, 0.3) is 0 Å². The molecule has 0 N–H and O–H groups in total. The Morgan fingerprint density at radius 2 is 1.67 bits per heavy atom. The summed E-state index contributed by atoms with van der Waals surface area (Å²) >= 11 is 3.42. The second-order valence-electron chi connectivity index (χ2n) is 5.76. The van der Waals surface area contributed by atoms with Crippen LogP contribution >= 0.6 is 15.9 Å². The molecule has 0 unspecified atom stereocenters. The van der Waals surface area contributed by atoms with Crippen LogP contribution in [0.2, 0.25) is 0 Å². The lowest BCUT2D eigenvalue weighted by atomic mass is 10.1. The Balaban J connectivity index is 1.49. The van der Waals surface area contributed by atoms with Crippen LogP contribution in [-0.4, -0.2) is 6.21 Å². The minimum absolute atomic E-state index is 0.259. The van der Waals surface area contributed by atoms with Crippen molar-refractivity contribution in [2.24, 2.45) is 5.16 Å². The van der Waals surface area contributed by atoms with Gasteiger partial charge in [-0.1, -0.05) is 51.4 Å². The largest absolute Gasteiger partial charge is 0.489 e. The fraction of sp³-hybridized carbons (Fsp3) is 0.0909. The third-order valence-electron chi connectivity index (χ3n) is 3.83. The lowest BCUT2D eigenvalue weighted by Crippen LogP contribution is -1.95. The van der Waals surface area contributed by atoms with E-state index in [2.05, 4.69) is 27.2 Å². The number of rotatable bonds is 7. The van der Waals surface area contributed by atoms with E-state index in [1.54, 1.807) is 12.3 Å². The summed E-state index contributed by atoms with van der Waals surface area (Å²) in [6, 6.07) is 25.1. The quantitative estimate of drug-likeness (QED) is 0.377. The lowest BCUT2D eigenvalue weighted by molar-refractivity contribution is 0.132. The van der Waals surface area contributed by atoms with Crippen LogP contribution in [-0.2, 0) is 18.1 Å². The van der Waals surface area contributed by atoms with E-state index in [0.29, 0.717) is 12.2 Å². The molecule has 0 aliphatic heterocycles. The van der Waals surface area contributed by atoms with Crippen molar-refractivity contribution in [2.45, 2.75) is 13.2 Å². The summed E-state index contributed by atoms with van der Waals surface area (Å²) in [5, 5.41) is 13.0. The van der Waals surface area contributed by atoms with E-state index >= 15 is 0 Å². The van der Waals surface area contributed by atoms with Crippen molar-refractivity contribution in [2.75, 3.05) is 0 Å². The highest BCUT2D eigenvalue weighted by molar-refractivity contribution is 9.10. The van der Waals surface area contributed by atoms with Crippen molar-refractivity contribution in [3.63, 3.8) is 0 Å². The number of nitriles is 1. The molecule has 0 heterocycles. The molecule has 0 atom stereocenters. The molecule has 134 valence electrons. The zero-order valence-corrected chi connectivity index (χ0v) is 16.1. The van der Waals surface area contributed by atoms with Crippen molar-refractivity contribution in [3.8, 4) is 11.8 Å². The van der Waals surface area contributed by atoms with Crippen LogP contribution < -0.4 is 4.74 Å². The third kappa shape index (κ3) is 5.70. The number of nitrogens with zero attached hydrogens (tertiary/aromatic N) is 2. The zero-order valence-electron chi connectivity index (χ0n) is 14.5. The fourth-order valence-corrected chi connectivity index (χ4v) is 2.62. The molecular formula is C22H17BrN2O2. The molecule has 0 saturated heterocycles. The molecule has 0 spiro atoms. The van der Waals surface area contributed by atoms with Crippen molar-refractivity contribution in [3.05, 3.63) is 99.5 Å². The van der Waals surface area contributed by atoms with E-state index in [1.165, 1.54) is 0 Å². The highest BCUT2D eigenvalue weighted by Gasteiger charge is 2.00. The predicted molar refractivity (Wildman–Crippen MR) is 108 cm³/mol. The van der Waals surface area contributed by atoms with Gasteiger partial charge in [0.05, 0.1) is 17.8 Å². The molecule has 4 nitrogen and oxygen atoms in total. The van der Waals surface area contributed by atoms with Gasteiger partial charge in [0.25, 0.3) is 0 Å². The average molecular weight is 421 g/mol.